The average molecular weight is 427 g/mol. The topological polar surface area (TPSA) is 0 Å². The summed E-state index contributed by atoms with van der Waals surface area (Å²) in [7, 11) is 0. The molecule has 0 aromatic heterocycles. The van der Waals surface area contributed by atoms with E-state index in [0.717, 1.165) is 35.5 Å². The van der Waals surface area contributed by atoms with Crippen LogP contribution >= 0.6 is 0 Å². The second-order valence-corrected chi connectivity index (χ2v) is 11.6. The summed E-state index contributed by atoms with van der Waals surface area (Å²) in [6, 6.07) is 0. The first-order valence-electron chi connectivity index (χ1n) is 14.6. The molecule has 0 saturated heterocycles. The standard InChI is InChI=1S/C31H54/c1-3-5-7-11-28-18-22-30(23-19-28)31-24-20-29(21-25-31)13-9-8-12-27-16-14-26(15-17-27)10-6-4-2/h6,8,10,12,26-31H,3-5,7,9,11,13-25H2,1-2H3/t26-,27-,28-,29-,30-,31-. The van der Waals surface area contributed by atoms with Gasteiger partial charge in [-0.2, -0.15) is 0 Å². The van der Waals surface area contributed by atoms with Crippen LogP contribution in [-0.4, -0.2) is 0 Å². The lowest BCUT2D eigenvalue weighted by atomic mass is 9.68. The molecule has 3 aliphatic carbocycles. The summed E-state index contributed by atoms with van der Waals surface area (Å²) >= 11 is 0. The molecule has 0 bridgehead atoms. The lowest BCUT2D eigenvalue weighted by Crippen LogP contribution is -2.25. The molecule has 0 spiro atoms. The molecule has 0 atom stereocenters. The van der Waals surface area contributed by atoms with E-state index in [4.69, 9.17) is 0 Å². The Morgan fingerprint density at radius 2 is 1.06 bits per heavy atom. The van der Waals surface area contributed by atoms with Crippen LogP contribution in [0, 0.1) is 35.5 Å². The maximum absolute atomic E-state index is 2.59. The highest BCUT2D eigenvalue weighted by Crippen LogP contribution is 2.43. The molecular formula is C31H54. The minimum absolute atomic E-state index is 0.871. The molecular weight excluding hydrogens is 372 g/mol. The molecule has 0 aromatic rings. The Hall–Kier alpha value is -0.520. The summed E-state index contributed by atoms with van der Waals surface area (Å²) in [6.45, 7) is 4.58. The van der Waals surface area contributed by atoms with Crippen LogP contribution in [0.5, 0.6) is 0 Å². The Balaban J connectivity index is 1.23. The van der Waals surface area contributed by atoms with Crippen molar-refractivity contribution in [2.45, 2.75) is 136 Å². The lowest BCUT2D eigenvalue weighted by molar-refractivity contribution is 0.140. The SMILES string of the molecule is CCC=C[C@H]1CC[C@H](C=CCC[C@H]2CC[C@H]([C@H]3CC[C@H](CCCCC)CC3)CC2)CC1. The van der Waals surface area contributed by atoms with Gasteiger partial charge in [0.2, 0.25) is 0 Å². The third-order valence-corrected chi connectivity index (χ3v) is 9.28. The summed E-state index contributed by atoms with van der Waals surface area (Å²) in [5, 5.41) is 0. The van der Waals surface area contributed by atoms with E-state index >= 15 is 0 Å². The Labute approximate surface area is 195 Å². The molecule has 178 valence electrons. The zero-order valence-electron chi connectivity index (χ0n) is 21.2. The van der Waals surface area contributed by atoms with Crippen molar-refractivity contribution in [3.8, 4) is 0 Å². The molecule has 0 unspecified atom stereocenters. The lowest BCUT2D eigenvalue weighted by Gasteiger charge is -2.38. The molecule has 3 saturated carbocycles. The number of hydrogen-bond acceptors (Lipinski definition) is 0. The van der Waals surface area contributed by atoms with Crippen LogP contribution in [0.1, 0.15) is 136 Å². The molecule has 0 aromatic carbocycles. The summed E-state index contributed by atoms with van der Waals surface area (Å²) in [6.07, 6.45) is 37.9. The highest BCUT2D eigenvalue weighted by atomic mass is 14.4. The van der Waals surface area contributed by atoms with Gasteiger partial charge in [0, 0.05) is 0 Å². The minimum atomic E-state index is 0.871. The Kier molecular flexibility index (Phi) is 11.8. The van der Waals surface area contributed by atoms with Crippen LogP contribution in [0.4, 0.5) is 0 Å². The molecule has 0 N–H and O–H groups in total. The van der Waals surface area contributed by atoms with Crippen LogP contribution in [-0.2, 0) is 0 Å². The van der Waals surface area contributed by atoms with Gasteiger partial charge < -0.3 is 0 Å². The molecule has 0 heterocycles. The molecule has 0 nitrogen and oxygen atoms in total. The van der Waals surface area contributed by atoms with Crippen LogP contribution in [0.25, 0.3) is 0 Å². The molecule has 0 aliphatic heterocycles. The van der Waals surface area contributed by atoms with Gasteiger partial charge in [-0.25, -0.2) is 0 Å². The van der Waals surface area contributed by atoms with E-state index in [1.807, 2.05) is 0 Å². The van der Waals surface area contributed by atoms with E-state index in [9.17, 15) is 0 Å². The van der Waals surface area contributed by atoms with E-state index in [2.05, 4.69) is 38.2 Å². The number of unbranched alkanes of at least 4 members (excludes halogenated alkanes) is 2. The highest BCUT2D eigenvalue weighted by Gasteiger charge is 2.30. The van der Waals surface area contributed by atoms with Gasteiger partial charge in [-0.05, 0) is 106 Å². The smallest absolute Gasteiger partial charge is 0.0233 e. The fraction of sp³-hybridized carbons (Fsp3) is 0.871. The van der Waals surface area contributed by atoms with Gasteiger partial charge in [0.05, 0.1) is 0 Å². The van der Waals surface area contributed by atoms with Gasteiger partial charge >= 0.3 is 0 Å². The number of allylic oxidation sites excluding steroid dienone is 4. The van der Waals surface area contributed by atoms with Gasteiger partial charge in [-0.1, -0.05) is 89.5 Å². The molecule has 3 rings (SSSR count). The van der Waals surface area contributed by atoms with Crippen molar-refractivity contribution in [2.75, 3.05) is 0 Å². The van der Waals surface area contributed by atoms with E-state index in [0.29, 0.717) is 0 Å². The predicted molar refractivity (Wildman–Crippen MR) is 138 cm³/mol. The monoisotopic (exact) mass is 426 g/mol. The fourth-order valence-corrected chi connectivity index (χ4v) is 7.06. The second-order valence-electron chi connectivity index (χ2n) is 11.6. The first-order chi connectivity index (χ1) is 15.3. The zero-order chi connectivity index (χ0) is 21.7. The van der Waals surface area contributed by atoms with Crippen molar-refractivity contribution in [1.29, 1.82) is 0 Å². The van der Waals surface area contributed by atoms with Crippen LogP contribution in [0.2, 0.25) is 0 Å². The summed E-state index contributed by atoms with van der Waals surface area (Å²) < 4.78 is 0. The van der Waals surface area contributed by atoms with Crippen molar-refractivity contribution in [2.24, 2.45) is 35.5 Å². The Bertz CT molecular complexity index is 490. The molecule has 3 aliphatic rings. The molecule has 0 heteroatoms. The van der Waals surface area contributed by atoms with Crippen LogP contribution in [0.3, 0.4) is 0 Å². The van der Waals surface area contributed by atoms with Crippen LogP contribution < -0.4 is 0 Å². The highest BCUT2D eigenvalue weighted by molar-refractivity contribution is 4.96. The van der Waals surface area contributed by atoms with Crippen molar-refractivity contribution < 1.29 is 0 Å². The maximum atomic E-state index is 2.59. The first kappa shape index (κ1) is 25.1. The Morgan fingerprint density at radius 3 is 1.58 bits per heavy atom. The van der Waals surface area contributed by atoms with Crippen molar-refractivity contribution in [3.63, 3.8) is 0 Å². The third-order valence-electron chi connectivity index (χ3n) is 9.28. The first-order valence-corrected chi connectivity index (χ1v) is 14.6. The van der Waals surface area contributed by atoms with Gasteiger partial charge in [0.25, 0.3) is 0 Å². The molecule has 31 heavy (non-hydrogen) atoms. The van der Waals surface area contributed by atoms with E-state index in [-0.39, 0.29) is 0 Å². The number of hydrogen-bond donors (Lipinski definition) is 0. The van der Waals surface area contributed by atoms with Gasteiger partial charge in [0.15, 0.2) is 0 Å². The molecule has 0 amide bonds. The zero-order valence-corrected chi connectivity index (χ0v) is 21.2. The average Bonchev–Trinajstić information content (AvgIpc) is 2.82. The van der Waals surface area contributed by atoms with Crippen molar-refractivity contribution in [1.82, 2.24) is 0 Å². The normalized spacial score (nSPS) is 35.2. The molecule has 3 fully saturated rings. The van der Waals surface area contributed by atoms with Crippen molar-refractivity contribution in [3.05, 3.63) is 24.3 Å². The van der Waals surface area contributed by atoms with E-state index in [1.165, 1.54) is 83.5 Å². The number of rotatable bonds is 11. The van der Waals surface area contributed by atoms with E-state index in [1.54, 1.807) is 38.5 Å². The summed E-state index contributed by atoms with van der Waals surface area (Å²) in [5.41, 5.74) is 0. The minimum Gasteiger partial charge on any atom is -0.0885 e. The predicted octanol–water partition coefficient (Wildman–Crippen LogP) is 10.3. The van der Waals surface area contributed by atoms with Gasteiger partial charge in [-0.15, -0.1) is 0 Å². The van der Waals surface area contributed by atoms with Crippen molar-refractivity contribution >= 4 is 0 Å². The maximum Gasteiger partial charge on any atom is -0.0233 e. The largest absolute Gasteiger partial charge is 0.0885 e. The fourth-order valence-electron chi connectivity index (χ4n) is 7.06. The van der Waals surface area contributed by atoms with Crippen LogP contribution in [0.15, 0.2) is 24.3 Å². The molecule has 0 radical (unpaired) electrons. The Morgan fingerprint density at radius 1 is 0.548 bits per heavy atom. The summed E-state index contributed by atoms with van der Waals surface area (Å²) in [5.74, 6) is 6.02. The van der Waals surface area contributed by atoms with Gasteiger partial charge in [-0.3, -0.25) is 0 Å². The summed E-state index contributed by atoms with van der Waals surface area (Å²) in [4.78, 5) is 0. The quantitative estimate of drug-likeness (QED) is 0.227. The second kappa shape index (κ2) is 14.6. The third kappa shape index (κ3) is 9.09. The van der Waals surface area contributed by atoms with Gasteiger partial charge in [0.1, 0.15) is 0 Å². The van der Waals surface area contributed by atoms with E-state index < -0.39 is 0 Å².